The number of benzene rings is 1. The monoisotopic (exact) mass is 357 g/mol. The Balaban J connectivity index is 2.28. The van der Waals surface area contributed by atoms with Gasteiger partial charge in [-0.25, -0.2) is 8.42 Å². The first-order valence-electron chi connectivity index (χ1n) is 6.04. The van der Waals surface area contributed by atoms with E-state index in [4.69, 9.17) is 0 Å². The summed E-state index contributed by atoms with van der Waals surface area (Å²) in [6, 6.07) is 7.57. The molecule has 0 spiro atoms. The Morgan fingerprint density at radius 1 is 1.25 bits per heavy atom. The molecular weight excluding hydrogens is 342 g/mol. The Labute approximate surface area is 127 Å². The molecule has 5 nitrogen and oxygen atoms in total. The van der Waals surface area contributed by atoms with E-state index in [-0.39, 0.29) is 4.90 Å². The van der Waals surface area contributed by atoms with Crippen LogP contribution < -0.4 is 0 Å². The van der Waals surface area contributed by atoms with Crippen molar-refractivity contribution in [3.8, 4) is 0 Å². The molecule has 0 saturated carbocycles. The Morgan fingerprint density at radius 2 is 1.85 bits per heavy atom. The van der Waals surface area contributed by atoms with Gasteiger partial charge in [0.05, 0.1) is 11.4 Å². The highest BCUT2D eigenvalue weighted by molar-refractivity contribution is 9.10. The molecule has 108 valence electrons. The van der Waals surface area contributed by atoms with E-state index in [1.165, 1.54) is 4.31 Å². The molecule has 1 heterocycles. The van der Waals surface area contributed by atoms with Gasteiger partial charge in [-0.1, -0.05) is 28.1 Å². The van der Waals surface area contributed by atoms with Crippen LogP contribution in [-0.4, -0.2) is 30.0 Å². The molecule has 0 amide bonds. The second-order valence-corrected chi connectivity index (χ2v) is 7.55. The quantitative estimate of drug-likeness (QED) is 0.914. The van der Waals surface area contributed by atoms with Crippen LogP contribution in [0.15, 0.2) is 33.6 Å². The maximum absolute atomic E-state index is 12.6. The van der Waals surface area contributed by atoms with Gasteiger partial charge < -0.3 is 0 Å². The van der Waals surface area contributed by atoms with Gasteiger partial charge in [0.2, 0.25) is 10.0 Å². The van der Waals surface area contributed by atoms with Gasteiger partial charge >= 0.3 is 0 Å². The molecule has 0 fully saturated rings. The van der Waals surface area contributed by atoms with Crippen molar-refractivity contribution >= 4 is 26.0 Å². The molecular formula is C13H16BrN3O2S. The summed E-state index contributed by atoms with van der Waals surface area (Å²) in [6.45, 7) is 3.71. The molecule has 0 aliphatic carbocycles. The first kappa shape index (κ1) is 15.2. The zero-order chi connectivity index (χ0) is 14.9. The lowest BCUT2D eigenvalue weighted by Gasteiger charge is -2.17. The smallest absolute Gasteiger partial charge is 0.246 e. The fourth-order valence-electron chi connectivity index (χ4n) is 2.01. The number of nitrogens with one attached hydrogen (secondary N) is 1. The van der Waals surface area contributed by atoms with E-state index in [2.05, 4.69) is 26.1 Å². The molecule has 1 aromatic heterocycles. The van der Waals surface area contributed by atoms with Gasteiger partial charge in [-0.3, -0.25) is 5.10 Å². The van der Waals surface area contributed by atoms with E-state index >= 15 is 0 Å². The van der Waals surface area contributed by atoms with Crippen LogP contribution in [0.25, 0.3) is 0 Å². The number of aromatic amines is 1. The van der Waals surface area contributed by atoms with Crippen LogP contribution in [0.3, 0.4) is 0 Å². The van der Waals surface area contributed by atoms with Crippen molar-refractivity contribution in [3.63, 3.8) is 0 Å². The van der Waals surface area contributed by atoms with Crippen LogP contribution in [-0.2, 0) is 16.6 Å². The summed E-state index contributed by atoms with van der Waals surface area (Å²) in [6.07, 6.45) is 0. The average molecular weight is 358 g/mol. The zero-order valence-corrected chi connectivity index (χ0v) is 13.9. The molecule has 1 aromatic carbocycles. The SMILES string of the molecule is Cc1n[nH]c(C)c1S(=O)(=O)N(C)Cc1ccc(Br)cc1. The molecule has 2 rings (SSSR count). The number of H-pyrrole nitrogens is 1. The van der Waals surface area contributed by atoms with Crippen molar-refractivity contribution in [2.75, 3.05) is 7.05 Å². The molecule has 0 aliphatic heterocycles. The van der Waals surface area contributed by atoms with Gasteiger partial charge in [-0.15, -0.1) is 0 Å². The summed E-state index contributed by atoms with van der Waals surface area (Å²) in [5.74, 6) is 0. The lowest BCUT2D eigenvalue weighted by Crippen LogP contribution is -2.27. The van der Waals surface area contributed by atoms with Crippen molar-refractivity contribution in [2.24, 2.45) is 0 Å². The van der Waals surface area contributed by atoms with Crippen LogP contribution >= 0.6 is 15.9 Å². The van der Waals surface area contributed by atoms with E-state index in [0.717, 1.165) is 10.0 Å². The van der Waals surface area contributed by atoms with Crippen molar-refractivity contribution < 1.29 is 8.42 Å². The third-order valence-corrected chi connectivity index (χ3v) is 5.64. The minimum atomic E-state index is -3.54. The molecule has 1 N–H and O–H groups in total. The molecule has 20 heavy (non-hydrogen) atoms. The normalized spacial score (nSPS) is 12.1. The van der Waals surface area contributed by atoms with Gasteiger partial charge in [0.25, 0.3) is 0 Å². The van der Waals surface area contributed by atoms with Gasteiger partial charge in [0.15, 0.2) is 0 Å². The van der Waals surface area contributed by atoms with E-state index in [1.807, 2.05) is 24.3 Å². The second kappa shape index (κ2) is 5.67. The molecule has 0 aliphatic rings. The zero-order valence-electron chi connectivity index (χ0n) is 11.5. The lowest BCUT2D eigenvalue weighted by atomic mass is 10.2. The number of aromatic nitrogens is 2. The average Bonchev–Trinajstić information content (AvgIpc) is 2.72. The summed E-state index contributed by atoms with van der Waals surface area (Å²) in [7, 11) is -1.96. The number of hydrogen-bond acceptors (Lipinski definition) is 3. The molecule has 2 aromatic rings. The second-order valence-electron chi connectivity index (χ2n) is 4.65. The summed E-state index contributed by atoms with van der Waals surface area (Å²) in [5.41, 5.74) is 1.98. The third-order valence-electron chi connectivity index (χ3n) is 3.05. The molecule has 0 radical (unpaired) electrons. The molecule has 0 unspecified atom stereocenters. The van der Waals surface area contributed by atoms with Crippen LogP contribution in [0.4, 0.5) is 0 Å². The summed E-state index contributed by atoms with van der Waals surface area (Å²) in [5, 5.41) is 6.65. The molecule has 7 heteroatoms. The number of aryl methyl sites for hydroxylation is 2. The topological polar surface area (TPSA) is 66.1 Å². The van der Waals surface area contributed by atoms with E-state index < -0.39 is 10.0 Å². The predicted octanol–water partition coefficient (Wildman–Crippen LogP) is 2.61. The van der Waals surface area contributed by atoms with E-state index in [0.29, 0.717) is 17.9 Å². The summed E-state index contributed by atoms with van der Waals surface area (Å²) >= 11 is 3.36. The van der Waals surface area contributed by atoms with Gasteiger partial charge in [0.1, 0.15) is 4.90 Å². The third kappa shape index (κ3) is 2.94. The first-order valence-corrected chi connectivity index (χ1v) is 8.28. The molecule has 0 bridgehead atoms. The maximum atomic E-state index is 12.6. The van der Waals surface area contributed by atoms with Gasteiger partial charge in [0, 0.05) is 18.1 Å². The van der Waals surface area contributed by atoms with E-state index in [9.17, 15) is 8.42 Å². The van der Waals surface area contributed by atoms with Crippen LogP contribution in [0.2, 0.25) is 0 Å². The Hall–Kier alpha value is -1.18. The fourth-order valence-corrected chi connectivity index (χ4v) is 3.76. The number of rotatable bonds is 4. The predicted molar refractivity (Wildman–Crippen MR) is 80.9 cm³/mol. The largest absolute Gasteiger partial charge is 0.281 e. The minimum absolute atomic E-state index is 0.261. The Morgan fingerprint density at radius 3 is 2.35 bits per heavy atom. The highest BCUT2D eigenvalue weighted by Gasteiger charge is 2.26. The highest BCUT2D eigenvalue weighted by atomic mass is 79.9. The lowest BCUT2D eigenvalue weighted by molar-refractivity contribution is 0.466. The van der Waals surface area contributed by atoms with Gasteiger partial charge in [-0.05, 0) is 31.5 Å². The maximum Gasteiger partial charge on any atom is 0.246 e. The van der Waals surface area contributed by atoms with Gasteiger partial charge in [-0.2, -0.15) is 9.40 Å². The number of halogens is 1. The summed E-state index contributed by atoms with van der Waals surface area (Å²) in [4.78, 5) is 0.261. The van der Waals surface area contributed by atoms with Crippen LogP contribution in [0, 0.1) is 13.8 Å². The minimum Gasteiger partial charge on any atom is -0.281 e. The van der Waals surface area contributed by atoms with Crippen molar-refractivity contribution in [1.29, 1.82) is 0 Å². The molecule has 0 atom stereocenters. The van der Waals surface area contributed by atoms with Crippen molar-refractivity contribution in [3.05, 3.63) is 45.7 Å². The number of sulfonamides is 1. The van der Waals surface area contributed by atoms with Crippen LogP contribution in [0.5, 0.6) is 0 Å². The molecule has 0 saturated heterocycles. The number of hydrogen-bond donors (Lipinski definition) is 1. The fraction of sp³-hybridized carbons (Fsp3) is 0.308. The standard InChI is InChI=1S/C13H16BrN3O2S/c1-9-13(10(2)16-15-9)20(18,19)17(3)8-11-4-6-12(14)7-5-11/h4-7H,8H2,1-3H3,(H,15,16). The first-order chi connectivity index (χ1) is 9.32. The highest BCUT2D eigenvalue weighted by Crippen LogP contribution is 2.22. The van der Waals surface area contributed by atoms with E-state index in [1.54, 1.807) is 20.9 Å². The van der Waals surface area contributed by atoms with Crippen molar-refractivity contribution in [1.82, 2.24) is 14.5 Å². The van der Waals surface area contributed by atoms with Crippen molar-refractivity contribution in [2.45, 2.75) is 25.3 Å². The number of nitrogens with zero attached hydrogens (tertiary/aromatic N) is 2. The Bertz CT molecular complexity index is 688. The Kier molecular flexibility index (Phi) is 4.31. The van der Waals surface area contributed by atoms with Crippen LogP contribution in [0.1, 0.15) is 17.0 Å². The summed E-state index contributed by atoms with van der Waals surface area (Å²) < 4.78 is 27.4.